The van der Waals surface area contributed by atoms with Gasteiger partial charge in [-0.25, -0.2) is 0 Å². The van der Waals surface area contributed by atoms with Gasteiger partial charge in [0.05, 0.1) is 0 Å². The number of aryl methyl sites for hydroxylation is 2. The molecule has 122 valence electrons. The lowest BCUT2D eigenvalue weighted by Crippen LogP contribution is -2.37. The van der Waals surface area contributed by atoms with Crippen LogP contribution in [0.25, 0.3) is 0 Å². The van der Waals surface area contributed by atoms with Crippen LogP contribution in [0, 0.1) is 0 Å². The fourth-order valence-corrected chi connectivity index (χ4v) is 3.94. The van der Waals surface area contributed by atoms with Crippen LogP contribution >= 0.6 is 11.3 Å². The summed E-state index contributed by atoms with van der Waals surface area (Å²) in [5, 5.41) is 4.97. The molecule has 0 aliphatic heterocycles. The van der Waals surface area contributed by atoms with Gasteiger partial charge in [0.25, 0.3) is 11.5 Å². The number of rotatable bonds is 4. The molecule has 0 saturated heterocycles. The number of thiophene rings is 1. The van der Waals surface area contributed by atoms with Crippen molar-refractivity contribution in [1.29, 1.82) is 0 Å². The number of aromatic nitrogens is 1. The first kappa shape index (κ1) is 16.0. The molecule has 0 unspecified atom stereocenters. The van der Waals surface area contributed by atoms with Crippen LogP contribution in [0.4, 0.5) is 0 Å². The molecule has 2 N–H and O–H groups in total. The Morgan fingerprint density at radius 1 is 1.35 bits per heavy atom. The van der Waals surface area contributed by atoms with Crippen LogP contribution in [0.5, 0.6) is 0 Å². The Hall–Kier alpha value is -1.88. The van der Waals surface area contributed by atoms with E-state index in [0.717, 1.165) is 43.4 Å². The van der Waals surface area contributed by atoms with E-state index < -0.39 is 0 Å². The maximum atomic E-state index is 12.4. The van der Waals surface area contributed by atoms with E-state index in [9.17, 15) is 9.59 Å². The minimum atomic E-state index is -0.276. The van der Waals surface area contributed by atoms with Crippen molar-refractivity contribution in [2.24, 2.45) is 0 Å². The van der Waals surface area contributed by atoms with E-state index in [1.54, 1.807) is 17.4 Å². The predicted molar refractivity (Wildman–Crippen MR) is 93.3 cm³/mol. The number of carbonyl (C=O) groups excluding carboxylic acids is 1. The van der Waals surface area contributed by atoms with Gasteiger partial charge in [0.1, 0.15) is 5.56 Å². The summed E-state index contributed by atoms with van der Waals surface area (Å²) in [4.78, 5) is 28.8. The standard InChI is InChI=1S/C18H22N2O2S/c1-12(10-14-7-5-9-23-14)19-17(21)15-11-13-6-3-2-4-8-16(13)20-18(15)22/h5,7,9,11-12H,2-4,6,8,10H2,1H3,(H,19,21)(H,20,22)/t12-/m0/s1. The Kier molecular flexibility index (Phi) is 4.96. The van der Waals surface area contributed by atoms with Gasteiger partial charge in [0, 0.05) is 23.0 Å². The van der Waals surface area contributed by atoms with Crippen LogP contribution in [0.1, 0.15) is 52.7 Å². The van der Waals surface area contributed by atoms with E-state index in [4.69, 9.17) is 0 Å². The highest BCUT2D eigenvalue weighted by atomic mass is 32.1. The molecule has 2 heterocycles. The number of pyridine rings is 1. The Morgan fingerprint density at radius 3 is 2.96 bits per heavy atom. The first-order valence-electron chi connectivity index (χ1n) is 8.22. The van der Waals surface area contributed by atoms with Gasteiger partial charge >= 0.3 is 0 Å². The van der Waals surface area contributed by atoms with Crippen LogP contribution in [0.3, 0.4) is 0 Å². The summed E-state index contributed by atoms with van der Waals surface area (Å²) >= 11 is 1.68. The van der Waals surface area contributed by atoms with Gasteiger partial charge in [-0.1, -0.05) is 12.5 Å². The first-order chi connectivity index (χ1) is 11.1. The largest absolute Gasteiger partial charge is 0.349 e. The molecule has 1 atom stereocenters. The van der Waals surface area contributed by atoms with Gasteiger partial charge in [-0.3, -0.25) is 9.59 Å². The predicted octanol–water partition coefficient (Wildman–Crippen LogP) is 3.07. The number of amides is 1. The summed E-state index contributed by atoms with van der Waals surface area (Å²) in [7, 11) is 0. The molecule has 2 aromatic rings. The molecular formula is C18H22N2O2S. The van der Waals surface area contributed by atoms with Crippen LogP contribution in [0.15, 0.2) is 28.4 Å². The third-order valence-electron chi connectivity index (χ3n) is 4.30. The first-order valence-corrected chi connectivity index (χ1v) is 9.10. The fraction of sp³-hybridized carbons (Fsp3) is 0.444. The molecule has 4 nitrogen and oxygen atoms in total. The van der Waals surface area contributed by atoms with Gasteiger partial charge in [0.2, 0.25) is 0 Å². The maximum absolute atomic E-state index is 12.4. The molecule has 23 heavy (non-hydrogen) atoms. The zero-order valence-electron chi connectivity index (χ0n) is 13.4. The summed E-state index contributed by atoms with van der Waals surface area (Å²) in [5.41, 5.74) is 2.10. The topological polar surface area (TPSA) is 62.0 Å². The van der Waals surface area contributed by atoms with Crippen molar-refractivity contribution >= 4 is 17.2 Å². The van der Waals surface area contributed by atoms with Crippen LogP contribution in [-0.4, -0.2) is 16.9 Å². The summed E-state index contributed by atoms with van der Waals surface area (Å²) < 4.78 is 0. The minimum Gasteiger partial charge on any atom is -0.349 e. The summed E-state index contributed by atoms with van der Waals surface area (Å²) in [6, 6.07) is 5.86. The maximum Gasteiger partial charge on any atom is 0.261 e. The minimum absolute atomic E-state index is 0.000592. The SMILES string of the molecule is C[C@@H](Cc1cccs1)NC(=O)c1cc2c([nH]c1=O)CCCCC2. The summed E-state index contributed by atoms with van der Waals surface area (Å²) in [5.74, 6) is -0.276. The van der Waals surface area contributed by atoms with Gasteiger partial charge in [0.15, 0.2) is 0 Å². The second-order valence-corrected chi connectivity index (χ2v) is 7.27. The monoisotopic (exact) mass is 330 g/mol. The van der Waals surface area contributed by atoms with Gasteiger partial charge < -0.3 is 10.3 Å². The van der Waals surface area contributed by atoms with Crippen molar-refractivity contribution in [2.75, 3.05) is 0 Å². The fourth-order valence-electron chi connectivity index (χ4n) is 3.10. The third-order valence-corrected chi connectivity index (χ3v) is 5.20. The number of hydrogen-bond donors (Lipinski definition) is 2. The molecule has 2 aromatic heterocycles. The van der Waals surface area contributed by atoms with E-state index in [1.807, 2.05) is 18.4 Å². The highest BCUT2D eigenvalue weighted by Gasteiger charge is 2.18. The van der Waals surface area contributed by atoms with Crippen LogP contribution < -0.4 is 10.9 Å². The zero-order valence-corrected chi connectivity index (χ0v) is 14.2. The van der Waals surface area contributed by atoms with Crippen molar-refractivity contribution < 1.29 is 4.79 Å². The molecule has 3 rings (SSSR count). The van der Waals surface area contributed by atoms with Gasteiger partial charge in [-0.2, -0.15) is 0 Å². The number of fused-ring (bicyclic) bond motifs is 1. The smallest absolute Gasteiger partial charge is 0.261 e. The van der Waals surface area contributed by atoms with E-state index in [0.29, 0.717) is 0 Å². The number of nitrogens with one attached hydrogen (secondary N) is 2. The highest BCUT2D eigenvalue weighted by molar-refractivity contribution is 7.09. The number of hydrogen-bond acceptors (Lipinski definition) is 3. The quantitative estimate of drug-likeness (QED) is 0.846. The highest BCUT2D eigenvalue weighted by Crippen LogP contribution is 2.18. The zero-order chi connectivity index (χ0) is 16.2. The van der Waals surface area contributed by atoms with E-state index in [2.05, 4.69) is 16.4 Å². The Bertz CT molecular complexity index is 734. The van der Waals surface area contributed by atoms with Crippen LogP contribution in [-0.2, 0) is 19.3 Å². The van der Waals surface area contributed by atoms with Crippen LogP contribution in [0.2, 0.25) is 0 Å². The molecular weight excluding hydrogens is 308 g/mol. The van der Waals surface area contributed by atoms with E-state index in [1.165, 1.54) is 11.3 Å². The average Bonchev–Trinajstić information content (AvgIpc) is 2.90. The van der Waals surface area contributed by atoms with Crippen molar-refractivity contribution in [1.82, 2.24) is 10.3 Å². The lowest BCUT2D eigenvalue weighted by molar-refractivity contribution is 0.0938. The molecule has 0 aromatic carbocycles. The average molecular weight is 330 g/mol. The van der Waals surface area contributed by atoms with Crippen molar-refractivity contribution in [2.45, 2.75) is 51.5 Å². The lowest BCUT2D eigenvalue weighted by atomic mass is 10.1. The number of carbonyl (C=O) groups is 1. The van der Waals surface area contributed by atoms with Crippen molar-refractivity contribution in [3.05, 3.63) is 55.6 Å². The molecule has 0 radical (unpaired) electrons. The Labute approximate surface area is 140 Å². The number of H-pyrrole nitrogens is 1. The van der Waals surface area contributed by atoms with Crippen molar-refractivity contribution in [3.63, 3.8) is 0 Å². The van der Waals surface area contributed by atoms with E-state index in [-0.39, 0.29) is 23.1 Å². The second-order valence-electron chi connectivity index (χ2n) is 6.23. The number of aromatic amines is 1. The Balaban J connectivity index is 1.74. The Morgan fingerprint density at radius 2 is 2.17 bits per heavy atom. The molecule has 0 saturated carbocycles. The lowest BCUT2D eigenvalue weighted by Gasteiger charge is -2.14. The second kappa shape index (κ2) is 7.13. The van der Waals surface area contributed by atoms with E-state index >= 15 is 0 Å². The molecule has 5 heteroatoms. The third kappa shape index (κ3) is 3.91. The van der Waals surface area contributed by atoms with Gasteiger partial charge in [-0.15, -0.1) is 11.3 Å². The molecule has 0 bridgehead atoms. The molecule has 0 fully saturated rings. The molecule has 0 spiro atoms. The molecule has 1 aliphatic carbocycles. The summed E-state index contributed by atoms with van der Waals surface area (Å²) in [6.45, 7) is 1.97. The van der Waals surface area contributed by atoms with Gasteiger partial charge in [-0.05, 0) is 55.7 Å². The normalized spacial score (nSPS) is 15.5. The summed E-state index contributed by atoms with van der Waals surface area (Å²) in [6.07, 6.45) is 6.03. The van der Waals surface area contributed by atoms with Crippen molar-refractivity contribution in [3.8, 4) is 0 Å². The molecule has 1 aliphatic rings. The molecule has 1 amide bonds.